The number of fused-ring (bicyclic) bond motifs is 5. The van der Waals surface area contributed by atoms with Crippen LogP contribution in [0.1, 0.15) is 71.6 Å². The molecule has 0 aliphatic heterocycles. The first-order chi connectivity index (χ1) is 12.3. The molecule has 0 radical (unpaired) electrons. The SMILES string of the molecule is C[C@]12CC[C@H]3[C@@H](CC[C@@]4(O)CC(=NOCCN)CC[C@]34C)[C@@H]1CCC2=O. The number of nitrogens with zero attached hydrogens (tertiary/aromatic N) is 1. The molecule has 4 aliphatic rings. The van der Waals surface area contributed by atoms with Crippen LogP contribution in [0.4, 0.5) is 0 Å². The summed E-state index contributed by atoms with van der Waals surface area (Å²) < 4.78 is 0. The van der Waals surface area contributed by atoms with Gasteiger partial charge in [-0.05, 0) is 62.7 Å². The van der Waals surface area contributed by atoms with Crippen molar-refractivity contribution in [3.05, 3.63) is 0 Å². The van der Waals surface area contributed by atoms with Crippen LogP contribution in [0.5, 0.6) is 0 Å². The van der Waals surface area contributed by atoms with Crippen molar-refractivity contribution in [1.29, 1.82) is 0 Å². The number of ketones is 1. The van der Waals surface area contributed by atoms with Crippen molar-refractivity contribution >= 4 is 11.5 Å². The molecule has 4 aliphatic carbocycles. The van der Waals surface area contributed by atoms with Crippen molar-refractivity contribution in [3.8, 4) is 0 Å². The molecule has 0 aromatic carbocycles. The summed E-state index contributed by atoms with van der Waals surface area (Å²) in [6.45, 7) is 5.41. The van der Waals surface area contributed by atoms with Gasteiger partial charge in [-0.1, -0.05) is 19.0 Å². The van der Waals surface area contributed by atoms with Gasteiger partial charge >= 0.3 is 0 Å². The highest BCUT2D eigenvalue weighted by molar-refractivity contribution is 5.87. The third kappa shape index (κ3) is 2.50. The van der Waals surface area contributed by atoms with Crippen LogP contribution in [0.2, 0.25) is 0 Å². The summed E-state index contributed by atoms with van der Waals surface area (Å²) >= 11 is 0. The number of Topliss-reactive ketones (excluding diaryl/α,β-unsaturated/α-hetero) is 1. The molecule has 6 atom stereocenters. The fraction of sp³-hybridized carbons (Fsp3) is 0.905. The predicted octanol–water partition coefficient (Wildman–Crippen LogP) is 3.04. The molecule has 5 heteroatoms. The predicted molar refractivity (Wildman–Crippen MR) is 101 cm³/mol. The molecule has 26 heavy (non-hydrogen) atoms. The lowest BCUT2D eigenvalue weighted by atomic mass is 9.43. The second kappa shape index (κ2) is 6.30. The van der Waals surface area contributed by atoms with Crippen molar-refractivity contribution in [2.24, 2.45) is 39.5 Å². The molecule has 0 aromatic heterocycles. The van der Waals surface area contributed by atoms with Crippen LogP contribution >= 0.6 is 0 Å². The van der Waals surface area contributed by atoms with Crippen molar-refractivity contribution in [2.45, 2.75) is 77.2 Å². The van der Waals surface area contributed by atoms with Gasteiger partial charge in [0.1, 0.15) is 12.4 Å². The van der Waals surface area contributed by atoms with Crippen LogP contribution in [-0.4, -0.2) is 35.4 Å². The summed E-state index contributed by atoms with van der Waals surface area (Å²) in [6, 6.07) is 0. The molecule has 4 saturated carbocycles. The highest BCUT2D eigenvalue weighted by atomic mass is 16.6. The smallest absolute Gasteiger partial charge is 0.139 e. The van der Waals surface area contributed by atoms with Gasteiger partial charge in [0.2, 0.25) is 0 Å². The van der Waals surface area contributed by atoms with E-state index in [1.807, 2.05) is 0 Å². The molecule has 0 aromatic rings. The molecule has 3 N–H and O–H groups in total. The molecule has 0 amide bonds. The molecule has 0 spiro atoms. The molecule has 0 bridgehead atoms. The Labute approximate surface area is 156 Å². The summed E-state index contributed by atoms with van der Waals surface area (Å²) in [4.78, 5) is 17.8. The monoisotopic (exact) mass is 362 g/mol. The zero-order valence-corrected chi connectivity index (χ0v) is 16.3. The lowest BCUT2D eigenvalue weighted by Crippen LogP contribution is -2.62. The zero-order chi connectivity index (χ0) is 18.6. The van der Waals surface area contributed by atoms with Crippen LogP contribution in [-0.2, 0) is 9.63 Å². The van der Waals surface area contributed by atoms with E-state index < -0.39 is 5.60 Å². The maximum absolute atomic E-state index is 12.5. The first-order valence-electron chi connectivity index (χ1n) is 10.5. The number of rotatable bonds is 3. The van der Waals surface area contributed by atoms with Gasteiger partial charge in [-0.25, -0.2) is 0 Å². The fourth-order valence-electron chi connectivity index (χ4n) is 7.09. The fourth-order valence-corrected chi connectivity index (χ4v) is 7.09. The van der Waals surface area contributed by atoms with Crippen LogP contribution in [0, 0.1) is 28.6 Å². The summed E-state index contributed by atoms with van der Waals surface area (Å²) in [6.07, 6.45) is 8.26. The van der Waals surface area contributed by atoms with E-state index in [0.717, 1.165) is 57.1 Å². The van der Waals surface area contributed by atoms with E-state index in [9.17, 15) is 9.90 Å². The Morgan fingerprint density at radius 1 is 1.15 bits per heavy atom. The van der Waals surface area contributed by atoms with Crippen LogP contribution in [0.15, 0.2) is 5.16 Å². The van der Waals surface area contributed by atoms with Gasteiger partial charge in [0.05, 0.1) is 11.3 Å². The second-order valence-electron chi connectivity index (χ2n) is 9.74. The van der Waals surface area contributed by atoms with E-state index >= 15 is 0 Å². The second-order valence-corrected chi connectivity index (χ2v) is 9.74. The minimum atomic E-state index is -0.687. The number of carbonyl (C=O) groups is 1. The Hall–Kier alpha value is -0.940. The third-order valence-corrected chi connectivity index (χ3v) is 8.75. The lowest BCUT2D eigenvalue weighted by Gasteiger charge is -2.62. The summed E-state index contributed by atoms with van der Waals surface area (Å²) in [7, 11) is 0. The average molecular weight is 363 g/mol. The number of oxime groups is 1. The zero-order valence-electron chi connectivity index (χ0n) is 16.3. The minimum Gasteiger partial charge on any atom is -0.395 e. The van der Waals surface area contributed by atoms with Gasteiger partial charge in [0.15, 0.2) is 0 Å². The Kier molecular flexibility index (Phi) is 4.47. The molecular formula is C21H34N2O3. The Morgan fingerprint density at radius 2 is 1.96 bits per heavy atom. The number of hydrogen-bond acceptors (Lipinski definition) is 5. The van der Waals surface area contributed by atoms with E-state index in [0.29, 0.717) is 43.1 Å². The molecule has 4 rings (SSSR count). The highest BCUT2D eigenvalue weighted by Gasteiger charge is 2.64. The maximum Gasteiger partial charge on any atom is 0.139 e. The average Bonchev–Trinajstić information content (AvgIpc) is 2.91. The minimum absolute atomic E-state index is 0.0736. The largest absolute Gasteiger partial charge is 0.395 e. The van der Waals surface area contributed by atoms with Crippen molar-refractivity contribution in [1.82, 2.24) is 0 Å². The van der Waals surface area contributed by atoms with E-state index in [-0.39, 0.29) is 10.8 Å². The standard InChI is InChI=1S/C21H34N2O3/c1-19-8-7-17-15(16(19)3-4-18(19)24)6-10-21(25)13-14(23-26-12-11-22)5-9-20(17,21)2/h15-17,25H,3-13,22H2,1-2H3/t15-,16-,17-,19-,20+,21+/m0/s1. The van der Waals surface area contributed by atoms with Gasteiger partial charge in [0, 0.05) is 30.2 Å². The quantitative estimate of drug-likeness (QED) is 0.597. The van der Waals surface area contributed by atoms with Gasteiger partial charge < -0.3 is 15.7 Å². The van der Waals surface area contributed by atoms with Gasteiger partial charge in [-0.15, -0.1) is 0 Å². The van der Waals surface area contributed by atoms with E-state index in [2.05, 4.69) is 19.0 Å². The lowest BCUT2D eigenvalue weighted by molar-refractivity contribution is -0.188. The number of aliphatic hydroxyl groups is 1. The Balaban J connectivity index is 1.57. The van der Waals surface area contributed by atoms with Crippen LogP contribution < -0.4 is 5.73 Å². The molecule has 146 valence electrons. The molecule has 5 nitrogen and oxygen atoms in total. The summed E-state index contributed by atoms with van der Waals surface area (Å²) in [5, 5.41) is 15.9. The maximum atomic E-state index is 12.5. The number of carbonyl (C=O) groups excluding carboxylic acids is 1. The van der Waals surface area contributed by atoms with Crippen LogP contribution in [0.3, 0.4) is 0 Å². The molecular weight excluding hydrogens is 328 g/mol. The van der Waals surface area contributed by atoms with Crippen molar-refractivity contribution in [3.63, 3.8) is 0 Å². The van der Waals surface area contributed by atoms with Gasteiger partial charge in [0.25, 0.3) is 0 Å². The van der Waals surface area contributed by atoms with Crippen molar-refractivity contribution < 1.29 is 14.7 Å². The molecule has 4 fully saturated rings. The van der Waals surface area contributed by atoms with Gasteiger partial charge in [-0.3, -0.25) is 4.79 Å². The first-order valence-corrected chi connectivity index (χ1v) is 10.5. The Morgan fingerprint density at radius 3 is 2.73 bits per heavy atom. The normalized spacial score (nSPS) is 49.5. The number of hydrogen-bond donors (Lipinski definition) is 2. The van der Waals surface area contributed by atoms with E-state index in [1.165, 1.54) is 0 Å². The van der Waals surface area contributed by atoms with Gasteiger partial charge in [-0.2, -0.15) is 0 Å². The first kappa shape index (κ1) is 18.4. The highest BCUT2D eigenvalue weighted by Crippen LogP contribution is 2.66. The van der Waals surface area contributed by atoms with Crippen molar-refractivity contribution in [2.75, 3.05) is 13.2 Å². The summed E-state index contributed by atoms with van der Waals surface area (Å²) in [5.41, 5.74) is 5.59. The Bertz CT molecular complexity index is 620. The van der Waals surface area contributed by atoms with E-state index in [4.69, 9.17) is 10.6 Å². The molecule has 0 unspecified atom stereocenters. The van der Waals surface area contributed by atoms with Crippen LogP contribution in [0.25, 0.3) is 0 Å². The number of nitrogens with two attached hydrogens (primary N) is 1. The molecule has 0 saturated heterocycles. The topological polar surface area (TPSA) is 84.9 Å². The molecule has 0 heterocycles. The summed E-state index contributed by atoms with van der Waals surface area (Å²) in [5.74, 6) is 2.13. The van der Waals surface area contributed by atoms with E-state index in [1.54, 1.807) is 0 Å². The third-order valence-electron chi connectivity index (χ3n) is 8.75.